The van der Waals surface area contributed by atoms with Crippen LogP contribution in [0.3, 0.4) is 0 Å². The van der Waals surface area contributed by atoms with Crippen molar-refractivity contribution in [3.8, 4) is 0 Å². The Morgan fingerprint density at radius 3 is 2.71 bits per heavy atom. The van der Waals surface area contributed by atoms with Crippen molar-refractivity contribution in [3.05, 3.63) is 48.2 Å². The molecule has 0 aliphatic rings. The second-order valence-corrected chi connectivity index (χ2v) is 4.67. The second kappa shape index (κ2) is 5.01. The number of pyridine rings is 1. The predicted octanol–water partition coefficient (Wildman–Crippen LogP) is 3.02. The first-order valence-electron chi connectivity index (χ1n) is 5.16. The molecule has 0 radical (unpaired) electrons. The van der Waals surface area contributed by atoms with E-state index in [4.69, 9.17) is 5.73 Å². The monoisotopic (exact) mass is 244 g/mol. The normalized spacial score (nSPS) is 10.2. The first kappa shape index (κ1) is 11.7. The van der Waals surface area contributed by atoms with Gasteiger partial charge in [-0.05, 0) is 37.3 Å². The van der Waals surface area contributed by atoms with E-state index in [1.54, 1.807) is 18.3 Å². The Balaban J connectivity index is 2.24. The average molecular weight is 244 g/mol. The van der Waals surface area contributed by atoms with E-state index in [1.165, 1.54) is 18.7 Å². The number of nitrogens with zero attached hydrogens (tertiary/aromatic N) is 1. The molecule has 2 N–H and O–H groups in total. The molecule has 0 spiro atoms. The molecule has 17 heavy (non-hydrogen) atoms. The zero-order valence-electron chi connectivity index (χ0n) is 9.38. The van der Waals surface area contributed by atoms with Crippen molar-refractivity contribution in [1.29, 1.82) is 0 Å². The summed E-state index contributed by atoms with van der Waals surface area (Å²) in [6.07, 6.45) is 1.75. The first-order valence-corrected chi connectivity index (χ1v) is 5.98. The van der Waals surface area contributed by atoms with Crippen LogP contribution in [0.1, 0.15) is 17.3 Å². The van der Waals surface area contributed by atoms with Gasteiger partial charge in [-0.1, -0.05) is 17.8 Å². The molecule has 0 saturated carbocycles. The fourth-order valence-corrected chi connectivity index (χ4v) is 2.28. The molecule has 0 bridgehead atoms. The molecule has 0 atom stereocenters. The van der Waals surface area contributed by atoms with Crippen LogP contribution in [0, 0.1) is 0 Å². The Hall–Kier alpha value is -1.81. The Kier molecular flexibility index (Phi) is 3.44. The number of nitrogens with two attached hydrogens (primary N) is 1. The summed E-state index contributed by atoms with van der Waals surface area (Å²) < 4.78 is 0. The van der Waals surface area contributed by atoms with E-state index in [0.717, 1.165) is 9.92 Å². The van der Waals surface area contributed by atoms with Crippen LogP contribution in [0.25, 0.3) is 0 Å². The maximum atomic E-state index is 11.2. The molecule has 0 saturated heterocycles. The van der Waals surface area contributed by atoms with Crippen molar-refractivity contribution < 1.29 is 4.79 Å². The van der Waals surface area contributed by atoms with Gasteiger partial charge in [-0.3, -0.25) is 4.79 Å². The van der Waals surface area contributed by atoms with E-state index in [0.29, 0.717) is 11.3 Å². The molecule has 4 heteroatoms. The minimum absolute atomic E-state index is 0.0168. The first-order chi connectivity index (χ1) is 8.16. The van der Waals surface area contributed by atoms with Crippen LogP contribution in [0.2, 0.25) is 0 Å². The standard InChI is InChI=1S/C13H12N2OS/c1-9(16)11-6-5-10(8-12(11)14)17-13-4-2-3-7-15-13/h2-8H,14H2,1H3. The van der Waals surface area contributed by atoms with Crippen molar-refractivity contribution in [1.82, 2.24) is 4.98 Å². The third-order valence-electron chi connectivity index (χ3n) is 2.26. The molecule has 2 aromatic rings. The highest BCUT2D eigenvalue weighted by molar-refractivity contribution is 7.99. The highest BCUT2D eigenvalue weighted by Crippen LogP contribution is 2.28. The highest BCUT2D eigenvalue weighted by atomic mass is 32.2. The molecule has 86 valence electrons. The SMILES string of the molecule is CC(=O)c1ccc(Sc2ccccn2)cc1N. The van der Waals surface area contributed by atoms with Gasteiger partial charge in [0.25, 0.3) is 0 Å². The van der Waals surface area contributed by atoms with Crippen molar-refractivity contribution in [2.75, 3.05) is 5.73 Å². The van der Waals surface area contributed by atoms with Crippen LogP contribution < -0.4 is 5.73 Å². The number of anilines is 1. The number of nitrogen functional groups attached to an aromatic ring is 1. The second-order valence-electron chi connectivity index (χ2n) is 3.58. The lowest BCUT2D eigenvalue weighted by molar-refractivity contribution is 0.101. The maximum Gasteiger partial charge on any atom is 0.161 e. The van der Waals surface area contributed by atoms with E-state index < -0.39 is 0 Å². The minimum Gasteiger partial charge on any atom is -0.398 e. The fraction of sp³-hybridized carbons (Fsp3) is 0.0769. The number of ketones is 1. The summed E-state index contributed by atoms with van der Waals surface area (Å²) in [4.78, 5) is 16.4. The van der Waals surface area contributed by atoms with Gasteiger partial charge in [-0.25, -0.2) is 4.98 Å². The van der Waals surface area contributed by atoms with Crippen LogP contribution in [-0.2, 0) is 0 Å². The number of benzene rings is 1. The molecule has 0 fully saturated rings. The number of aromatic nitrogens is 1. The number of hydrogen-bond acceptors (Lipinski definition) is 4. The van der Waals surface area contributed by atoms with E-state index in [1.807, 2.05) is 24.3 Å². The predicted molar refractivity (Wildman–Crippen MR) is 69.2 cm³/mol. The van der Waals surface area contributed by atoms with Crippen molar-refractivity contribution >= 4 is 23.2 Å². The third kappa shape index (κ3) is 2.85. The van der Waals surface area contributed by atoms with Crippen LogP contribution in [-0.4, -0.2) is 10.8 Å². The molecule has 1 aromatic heterocycles. The van der Waals surface area contributed by atoms with Gasteiger partial charge in [-0.15, -0.1) is 0 Å². The number of Topliss-reactive ketones (excluding diaryl/α,β-unsaturated/α-hetero) is 1. The maximum absolute atomic E-state index is 11.2. The summed E-state index contributed by atoms with van der Waals surface area (Å²) >= 11 is 1.52. The molecule has 2 rings (SSSR count). The van der Waals surface area contributed by atoms with Crippen LogP contribution in [0.15, 0.2) is 52.5 Å². The lowest BCUT2D eigenvalue weighted by Crippen LogP contribution is -1.99. The largest absolute Gasteiger partial charge is 0.398 e. The molecular formula is C13H12N2OS. The lowest BCUT2D eigenvalue weighted by atomic mass is 10.1. The number of rotatable bonds is 3. The zero-order chi connectivity index (χ0) is 12.3. The van der Waals surface area contributed by atoms with E-state index in [2.05, 4.69) is 4.98 Å². The van der Waals surface area contributed by atoms with Gasteiger partial charge in [0.1, 0.15) is 5.03 Å². The van der Waals surface area contributed by atoms with Crippen molar-refractivity contribution in [2.45, 2.75) is 16.8 Å². The van der Waals surface area contributed by atoms with Gasteiger partial charge in [-0.2, -0.15) is 0 Å². The van der Waals surface area contributed by atoms with E-state index in [9.17, 15) is 4.79 Å². The quantitative estimate of drug-likeness (QED) is 0.666. The Labute approximate surface area is 104 Å². The van der Waals surface area contributed by atoms with Crippen molar-refractivity contribution in [3.63, 3.8) is 0 Å². The summed E-state index contributed by atoms with van der Waals surface area (Å²) in [5.74, 6) is -0.0168. The molecule has 1 heterocycles. The van der Waals surface area contributed by atoms with Gasteiger partial charge in [0.15, 0.2) is 5.78 Å². The van der Waals surface area contributed by atoms with Gasteiger partial charge in [0, 0.05) is 22.3 Å². The molecular weight excluding hydrogens is 232 g/mol. The molecule has 0 aliphatic carbocycles. The Bertz CT molecular complexity index is 540. The summed E-state index contributed by atoms with van der Waals surface area (Å²) in [6.45, 7) is 1.51. The molecule has 0 aliphatic heterocycles. The Morgan fingerprint density at radius 1 is 1.29 bits per heavy atom. The summed E-state index contributed by atoms with van der Waals surface area (Å²) in [5, 5.41) is 0.905. The average Bonchev–Trinajstić information content (AvgIpc) is 2.30. The van der Waals surface area contributed by atoms with E-state index in [-0.39, 0.29) is 5.78 Å². The molecule has 0 amide bonds. The van der Waals surface area contributed by atoms with Gasteiger partial charge in [0.2, 0.25) is 0 Å². The number of hydrogen-bond donors (Lipinski definition) is 1. The molecule has 1 aromatic carbocycles. The summed E-state index contributed by atoms with van der Waals surface area (Å²) in [5.41, 5.74) is 6.90. The van der Waals surface area contributed by atoms with Gasteiger partial charge in [0.05, 0.1) is 0 Å². The molecule has 3 nitrogen and oxygen atoms in total. The number of carbonyl (C=O) groups excluding carboxylic acids is 1. The summed E-state index contributed by atoms with van der Waals surface area (Å²) in [7, 11) is 0. The van der Waals surface area contributed by atoms with Gasteiger partial charge < -0.3 is 5.73 Å². The minimum atomic E-state index is -0.0168. The fourth-order valence-electron chi connectivity index (χ4n) is 1.45. The van der Waals surface area contributed by atoms with Crippen LogP contribution >= 0.6 is 11.8 Å². The number of carbonyl (C=O) groups is 1. The topological polar surface area (TPSA) is 56.0 Å². The molecule has 0 unspecified atom stereocenters. The van der Waals surface area contributed by atoms with Crippen molar-refractivity contribution in [2.24, 2.45) is 0 Å². The van der Waals surface area contributed by atoms with Crippen LogP contribution in [0.4, 0.5) is 5.69 Å². The Morgan fingerprint density at radius 2 is 2.12 bits per heavy atom. The zero-order valence-corrected chi connectivity index (χ0v) is 10.2. The lowest BCUT2D eigenvalue weighted by Gasteiger charge is -2.05. The van der Waals surface area contributed by atoms with E-state index >= 15 is 0 Å². The van der Waals surface area contributed by atoms with Crippen LogP contribution in [0.5, 0.6) is 0 Å². The van der Waals surface area contributed by atoms with Gasteiger partial charge >= 0.3 is 0 Å². The smallest absolute Gasteiger partial charge is 0.161 e. The summed E-state index contributed by atoms with van der Waals surface area (Å²) in [6, 6.07) is 11.2. The highest BCUT2D eigenvalue weighted by Gasteiger charge is 2.06. The third-order valence-corrected chi connectivity index (χ3v) is 3.20.